The number of fused-ring (bicyclic) bond motifs is 1. The third-order valence-corrected chi connectivity index (χ3v) is 7.41. The maximum Gasteiger partial charge on any atom is 0.257 e. The number of pyridine rings is 1. The third kappa shape index (κ3) is 5.67. The molecule has 1 aliphatic heterocycles. The molecule has 1 amide bonds. The summed E-state index contributed by atoms with van der Waals surface area (Å²) in [4.78, 5) is 19.6. The number of methoxy groups -OCH3 is 1. The van der Waals surface area contributed by atoms with E-state index < -0.39 is 18.4 Å². The van der Waals surface area contributed by atoms with Crippen LogP contribution in [0.4, 0.5) is 0 Å². The predicted molar refractivity (Wildman–Crippen MR) is 140 cm³/mol. The van der Waals surface area contributed by atoms with Gasteiger partial charge in [0.15, 0.2) is 23.9 Å². The second kappa shape index (κ2) is 11.9. The molecule has 1 aromatic heterocycles. The lowest BCUT2D eigenvalue weighted by Gasteiger charge is -2.40. The molecule has 8 nitrogen and oxygen atoms in total. The highest BCUT2D eigenvalue weighted by Gasteiger charge is 2.40. The van der Waals surface area contributed by atoms with Crippen molar-refractivity contribution in [2.24, 2.45) is 0 Å². The molecule has 2 heterocycles. The van der Waals surface area contributed by atoms with Gasteiger partial charge in [0.05, 0.1) is 19.3 Å². The first-order chi connectivity index (χ1) is 18.5. The molecule has 0 saturated heterocycles. The second-order valence-electron chi connectivity index (χ2n) is 9.86. The van der Waals surface area contributed by atoms with E-state index in [0.29, 0.717) is 18.1 Å². The third-order valence-electron chi connectivity index (χ3n) is 7.41. The highest BCUT2D eigenvalue weighted by atomic mass is 16.5. The van der Waals surface area contributed by atoms with Crippen molar-refractivity contribution in [3.63, 3.8) is 0 Å². The maximum absolute atomic E-state index is 14.0. The van der Waals surface area contributed by atoms with Crippen LogP contribution in [-0.4, -0.2) is 51.5 Å². The van der Waals surface area contributed by atoms with Gasteiger partial charge in [-0.1, -0.05) is 49.2 Å². The van der Waals surface area contributed by atoms with Crippen LogP contribution in [0.2, 0.25) is 0 Å². The minimum Gasteiger partial charge on any atom is -0.493 e. The van der Waals surface area contributed by atoms with Crippen LogP contribution < -0.4 is 9.47 Å². The standard InChI is InChI=1S/C30H34N2O6/c1-36-26-12-11-22-18-32(29(33)27(21-7-3-2-4-8-21)38-23-9-5-6-10-23)25(30(34)35)17-24(22)28(26)37-19-20-13-15-31-16-14-20/h2-4,7-8,11-16,23,25,27,30,34-35H,5-6,9-10,17-19H2,1H3/t25-,27+/m0/s1. The van der Waals surface area contributed by atoms with Crippen molar-refractivity contribution in [2.45, 2.75) is 69.8 Å². The molecule has 3 aromatic rings. The second-order valence-corrected chi connectivity index (χ2v) is 9.86. The number of ether oxygens (including phenoxy) is 3. The highest BCUT2D eigenvalue weighted by molar-refractivity contribution is 5.83. The lowest BCUT2D eigenvalue weighted by molar-refractivity contribution is -0.164. The van der Waals surface area contributed by atoms with E-state index in [1.807, 2.05) is 54.6 Å². The average molecular weight is 519 g/mol. The van der Waals surface area contributed by atoms with E-state index in [-0.39, 0.29) is 25.0 Å². The zero-order valence-electron chi connectivity index (χ0n) is 21.5. The lowest BCUT2D eigenvalue weighted by atomic mass is 9.91. The van der Waals surface area contributed by atoms with Crippen LogP contribution in [0.25, 0.3) is 0 Å². The molecule has 0 unspecified atom stereocenters. The van der Waals surface area contributed by atoms with Crippen LogP contribution in [0.15, 0.2) is 67.0 Å². The Morgan fingerprint density at radius 3 is 2.47 bits per heavy atom. The number of carbonyl (C=O) groups is 1. The summed E-state index contributed by atoms with van der Waals surface area (Å²) in [5.41, 5.74) is 3.38. The van der Waals surface area contributed by atoms with E-state index in [1.54, 1.807) is 24.4 Å². The first-order valence-electron chi connectivity index (χ1n) is 13.1. The summed E-state index contributed by atoms with van der Waals surface area (Å²) >= 11 is 0. The number of rotatable bonds is 9. The molecule has 5 rings (SSSR count). The minimum absolute atomic E-state index is 0.0104. The van der Waals surface area contributed by atoms with Crippen molar-refractivity contribution >= 4 is 5.91 Å². The van der Waals surface area contributed by atoms with Gasteiger partial charge in [0.2, 0.25) is 0 Å². The van der Waals surface area contributed by atoms with Crippen LogP contribution in [-0.2, 0) is 29.1 Å². The summed E-state index contributed by atoms with van der Waals surface area (Å²) in [5.74, 6) is 0.818. The molecule has 2 aromatic carbocycles. The van der Waals surface area contributed by atoms with E-state index >= 15 is 0 Å². The highest BCUT2D eigenvalue weighted by Crippen LogP contribution is 2.40. The number of aromatic nitrogens is 1. The Morgan fingerprint density at radius 1 is 1.05 bits per heavy atom. The van der Waals surface area contributed by atoms with Gasteiger partial charge < -0.3 is 29.3 Å². The van der Waals surface area contributed by atoms with Crippen molar-refractivity contribution in [1.82, 2.24) is 9.88 Å². The number of carbonyl (C=O) groups excluding carboxylic acids is 1. The van der Waals surface area contributed by atoms with Gasteiger partial charge >= 0.3 is 0 Å². The molecule has 0 radical (unpaired) electrons. The topological polar surface area (TPSA) is 101 Å². The summed E-state index contributed by atoms with van der Waals surface area (Å²) in [6.45, 7) is 0.499. The first kappa shape index (κ1) is 26.2. The summed E-state index contributed by atoms with van der Waals surface area (Å²) in [7, 11) is 1.57. The molecule has 0 bridgehead atoms. The summed E-state index contributed by atoms with van der Waals surface area (Å²) < 4.78 is 18.1. The molecule has 200 valence electrons. The van der Waals surface area contributed by atoms with Gasteiger partial charge in [0.1, 0.15) is 6.61 Å². The number of nitrogens with zero attached hydrogens (tertiary/aromatic N) is 2. The zero-order chi connectivity index (χ0) is 26.5. The quantitative estimate of drug-likeness (QED) is 0.414. The molecule has 1 fully saturated rings. The lowest BCUT2D eigenvalue weighted by Crippen LogP contribution is -2.52. The number of benzene rings is 2. The summed E-state index contributed by atoms with van der Waals surface area (Å²) in [5, 5.41) is 20.9. The predicted octanol–water partition coefficient (Wildman–Crippen LogP) is 3.93. The van der Waals surface area contributed by atoms with E-state index in [4.69, 9.17) is 14.2 Å². The van der Waals surface area contributed by atoms with Crippen LogP contribution >= 0.6 is 0 Å². The Balaban J connectivity index is 1.45. The average Bonchev–Trinajstić information content (AvgIpc) is 3.48. The molecule has 8 heteroatoms. The number of hydrogen-bond donors (Lipinski definition) is 2. The molecule has 38 heavy (non-hydrogen) atoms. The van der Waals surface area contributed by atoms with Crippen molar-refractivity contribution in [3.8, 4) is 11.5 Å². The number of amides is 1. The van der Waals surface area contributed by atoms with Gasteiger partial charge in [-0.25, -0.2) is 0 Å². The van der Waals surface area contributed by atoms with Crippen molar-refractivity contribution in [3.05, 3.63) is 89.2 Å². The molecule has 1 saturated carbocycles. The molecular weight excluding hydrogens is 484 g/mol. The van der Waals surface area contributed by atoms with Gasteiger partial charge in [-0.15, -0.1) is 0 Å². The first-order valence-corrected chi connectivity index (χ1v) is 13.1. The SMILES string of the molecule is COc1ccc2c(c1OCc1ccncc1)C[C@@H](C(O)O)N(C(=O)[C@H](OC1CCCC1)c1ccccc1)C2. The van der Waals surface area contributed by atoms with E-state index in [1.165, 1.54) is 0 Å². The van der Waals surface area contributed by atoms with Gasteiger partial charge in [-0.3, -0.25) is 9.78 Å². The van der Waals surface area contributed by atoms with E-state index in [2.05, 4.69) is 4.98 Å². The molecule has 2 aliphatic rings. The minimum atomic E-state index is -1.74. The smallest absolute Gasteiger partial charge is 0.257 e. The fraction of sp³-hybridized carbons (Fsp3) is 0.400. The van der Waals surface area contributed by atoms with Gasteiger partial charge in [0.25, 0.3) is 5.91 Å². The Morgan fingerprint density at radius 2 is 1.79 bits per heavy atom. The molecule has 2 N–H and O–H groups in total. The zero-order valence-corrected chi connectivity index (χ0v) is 21.5. The van der Waals surface area contributed by atoms with Gasteiger partial charge in [-0.2, -0.15) is 0 Å². The van der Waals surface area contributed by atoms with Crippen LogP contribution in [0.3, 0.4) is 0 Å². The van der Waals surface area contributed by atoms with Gasteiger partial charge in [-0.05, 0) is 47.7 Å². The number of hydrogen-bond acceptors (Lipinski definition) is 7. The van der Waals surface area contributed by atoms with Crippen molar-refractivity contribution in [2.75, 3.05) is 7.11 Å². The van der Waals surface area contributed by atoms with E-state index in [9.17, 15) is 15.0 Å². The molecule has 0 spiro atoms. The Kier molecular flexibility index (Phi) is 8.22. The fourth-order valence-corrected chi connectivity index (χ4v) is 5.38. The van der Waals surface area contributed by atoms with Crippen LogP contribution in [0, 0.1) is 0 Å². The van der Waals surface area contributed by atoms with Gasteiger partial charge in [0, 0.05) is 30.9 Å². The normalized spacial score (nSPS) is 18.3. The van der Waals surface area contributed by atoms with Crippen LogP contribution in [0.5, 0.6) is 11.5 Å². The molecular formula is C30H34N2O6. The van der Waals surface area contributed by atoms with E-state index in [0.717, 1.165) is 47.9 Å². The Hall–Kier alpha value is -3.46. The molecule has 2 atom stereocenters. The monoisotopic (exact) mass is 518 g/mol. The largest absolute Gasteiger partial charge is 0.493 e. The Labute approximate surface area is 222 Å². The van der Waals surface area contributed by atoms with Crippen LogP contribution in [0.1, 0.15) is 54.0 Å². The maximum atomic E-state index is 14.0. The summed E-state index contributed by atoms with van der Waals surface area (Å²) in [6.07, 6.45) is 5.07. The van der Waals surface area contributed by atoms with Crippen molar-refractivity contribution < 1.29 is 29.2 Å². The molecule has 1 aliphatic carbocycles. The fourth-order valence-electron chi connectivity index (χ4n) is 5.38. The number of aliphatic hydroxyl groups excluding tert-OH is 1. The van der Waals surface area contributed by atoms with Crippen molar-refractivity contribution in [1.29, 1.82) is 0 Å². The summed E-state index contributed by atoms with van der Waals surface area (Å²) in [6, 6.07) is 16.0. The number of aliphatic hydroxyl groups is 2. The Bertz CT molecular complexity index is 1210.